The van der Waals surface area contributed by atoms with Crippen LogP contribution in [0, 0.1) is 0 Å². The molecule has 0 atom stereocenters. The van der Waals surface area contributed by atoms with E-state index < -0.39 is 0 Å². The molecule has 0 radical (unpaired) electrons. The van der Waals surface area contributed by atoms with Crippen LogP contribution in [0.2, 0.25) is 0 Å². The van der Waals surface area contributed by atoms with Crippen molar-refractivity contribution in [3.8, 4) is 11.5 Å². The number of ether oxygens (including phenoxy) is 2. The van der Waals surface area contributed by atoms with Gasteiger partial charge in [-0.3, -0.25) is 0 Å². The molecule has 0 saturated carbocycles. The lowest BCUT2D eigenvalue weighted by molar-refractivity contribution is 0.266. The second-order valence-electron chi connectivity index (χ2n) is 5.08. The largest absolute Gasteiger partial charge is 0.482 e. The van der Waals surface area contributed by atoms with Gasteiger partial charge in [-0.2, -0.15) is 0 Å². The molecule has 0 bridgehead atoms. The minimum Gasteiger partial charge on any atom is -0.482 e. The summed E-state index contributed by atoms with van der Waals surface area (Å²) in [4.78, 5) is 0. The van der Waals surface area contributed by atoms with Crippen molar-refractivity contribution in [2.75, 3.05) is 11.5 Å². The molecule has 112 valence electrons. The molecule has 2 aromatic rings. The summed E-state index contributed by atoms with van der Waals surface area (Å²) in [6.07, 6.45) is 7.59. The highest BCUT2D eigenvalue weighted by molar-refractivity contribution is 5.45. The molecule has 0 unspecified atom stereocenters. The Hall–Kier alpha value is -2.88. The van der Waals surface area contributed by atoms with Gasteiger partial charge in [0, 0.05) is 23.5 Å². The second-order valence-corrected chi connectivity index (χ2v) is 5.08. The van der Waals surface area contributed by atoms with Crippen LogP contribution in [0.5, 0.6) is 11.5 Å². The Labute approximate surface area is 129 Å². The summed E-state index contributed by atoms with van der Waals surface area (Å²) in [5.74, 6) is 1.49. The normalized spacial score (nSPS) is 19.8. The van der Waals surface area contributed by atoms with Crippen LogP contribution in [-0.4, -0.2) is 12.2 Å². The van der Waals surface area contributed by atoms with Crippen LogP contribution in [0.4, 0.5) is 11.4 Å². The van der Waals surface area contributed by atoms with Crippen molar-refractivity contribution in [2.45, 2.75) is 12.2 Å². The van der Waals surface area contributed by atoms with E-state index in [4.69, 9.17) is 20.9 Å². The molecule has 0 aromatic heterocycles. The smallest absolute Gasteiger partial charge is 0.135 e. The molecule has 1 aliphatic rings. The Kier molecular flexibility index (Phi) is 4.01. The van der Waals surface area contributed by atoms with Crippen LogP contribution in [-0.2, 0) is 0 Å². The number of nitrogens with two attached hydrogens (primary N) is 2. The summed E-state index contributed by atoms with van der Waals surface area (Å²) in [7, 11) is 0. The van der Waals surface area contributed by atoms with E-state index in [1.165, 1.54) is 0 Å². The van der Waals surface area contributed by atoms with Crippen molar-refractivity contribution in [1.29, 1.82) is 0 Å². The number of anilines is 2. The van der Waals surface area contributed by atoms with Gasteiger partial charge in [-0.1, -0.05) is 12.1 Å². The van der Waals surface area contributed by atoms with Gasteiger partial charge >= 0.3 is 0 Å². The Balaban J connectivity index is 1.59. The standard InChI is InChI=1S/C18H18N2O2/c19-13-3-1-5-17(11-13)21-15-7-9-16(10-8-15)22-18-6-2-4-14(20)12-18/h1-12,15-16H,19-20H2. The Morgan fingerprint density at radius 3 is 1.41 bits per heavy atom. The van der Waals surface area contributed by atoms with Gasteiger partial charge < -0.3 is 20.9 Å². The second kappa shape index (κ2) is 6.26. The van der Waals surface area contributed by atoms with E-state index in [0.717, 1.165) is 11.5 Å². The Bertz CT molecular complexity index is 636. The number of rotatable bonds is 4. The summed E-state index contributed by atoms with van der Waals surface area (Å²) >= 11 is 0. The van der Waals surface area contributed by atoms with Crippen molar-refractivity contribution in [3.63, 3.8) is 0 Å². The molecular formula is C18H18N2O2. The minimum absolute atomic E-state index is 0.123. The highest BCUT2D eigenvalue weighted by Gasteiger charge is 2.12. The molecule has 0 saturated heterocycles. The van der Waals surface area contributed by atoms with E-state index in [1.807, 2.05) is 60.7 Å². The highest BCUT2D eigenvalue weighted by Crippen LogP contribution is 2.21. The van der Waals surface area contributed by atoms with Crippen molar-refractivity contribution in [3.05, 3.63) is 72.8 Å². The Morgan fingerprint density at radius 2 is 1.05 bits per heavy atom. The lowest BCUT2D eigenvalue weighted by Crippen LogP contribution is -2.20. The topological polar surface area (TPSA) is 70.5 Å². The van der Waals surface area contributed by atoms with Gasteiger partial charge in [-0.25, -0.2) is 0 Å². The summed E-state index contributed by atoms with van der Waals surface area (Å²) < 4.78 is 11.6. The molecular weight excluding hydrogens is 276 g/mol. The molecule has 4 N–H and O–H groups in total. The fourth-order valence-electron chi connectivity index (χ4n) is 2.21. The van der Waals surface area contributed by atoms with Gasteiger partial charge in [0.25, 0.3) is 0 Å². The first-order valence-corrected chi connectivity index (χ1v) is 7.10. The molecule has 22 heavy (non-hydrogen) atoms. The van der Waals surface area contributed by atoms with E-state index in [0.29, 0.717) is 11.4 Å². The lowest BCUT2D eigenvalue weighted by atomic mass is 10.1. The number of hydrogen-bond donors (Lipinski definition) is 2. The van der Waals surface area contributed by atoms with E-state index in [1.54, 1.807) is 12.1 Å². The molecule has 3 rings (SSSR count). The van der Waals surface area contributed by atoms with Crippen molar-refractivity contribution in [1.82, 2.24) is 0 Å². The number of benzene rings is 2. The average molecular weight is 294 g/mol. The maximum Gasteiger partial charge on any atom is 0.135 e. The van der Waals surface area contributed by atoms with Crippen LogP contribution < -0.4 is 20.9 Å². The first-order chi connectivity index (χ1) is 10.7. The van der Waals surface area contributed by atoms with Gasteiger partial charge in [0.05, 0.1) is 0 Å². The molecule has 0 heterocycles. The molecule has 0 aliphatic heterocycles. The zero-order valence-electron chi connectivity index (χ0n) is 12.1. The summed E-state index contributed by atoms with van der Waals surface area (Å²) in [5.41, 5.74) is 12.8. The van der Waals surface area contributed by atoms with Crippen LogP contribution in [0.1, 0.15) is 0 Å². The number of nitrogen functional groups attached to an aromatic ring is 2. The third-order valence-electron chi connectivity index (χ3n) is 3.24. The van der Waals surface area contributed by atoms with E-state index in [-0.39, 0.29) is 12.2 Å². The molecule has 2 aromatic carbocycles. The zero-order valence-corrected chi connectivity index (χ0v) is 12.1. The summed E-state index contributed by atoms with van der Waals surface area (Å²) in [6.45, 7) is 0. The SMILES string of the molecule is Nc1cccc(OC2C=CC(Oc3cccc(N)c3)C=C2)c1. The maximum atomic E-state index is 5.82. The Morgan fingerprint density at radius 1 is 0.636 bits per heavy atom. The lowest BCUT2D eigenvalue weighted by Gasteiger charge is -2.19. The minimum atomic E-state index is -0.123. The first-order valence-electron chi connectivity index (χ1n) is 7.10. The van der Waals surface area contributed by atoms with Crippen molar-refractivity contribution in [2.24, 2.45) is 0 Å². The van der Waals surface area contributed by atoms with Gasteiger partial charge in [-0.15, -0.1) is 0 Å². The van der Waals surface area contributed by atoms with Crippen molar-refractivity contribution >= 4 is 11.4 Å². The average Bonchev–Trinajstić information content (AvgIpc) is 2.49. The van der Waals surface area contributed by atoms with Gasteiger partial charge in [0.15, 0.2) is 0 Å². The molecule has 0 amide bonds. The highest BCUT2D eigenvalue weighted by atomic mass is 16.5. The van der Waals surface area contributed by atoms with Crippen LogP contribution in [0.25, 0.3) is 0 Å². The van der Waals surface area contributed by atoms with Crippen LogP contribution in [0.15, 0.2) is 72.8 Å². The van der Waals surface area contributed by atoms with E-state index in [9.17, 15) is 0 Å². The predicted molar refractivity (Wildman–Crippen MR) is 88.8 cm³/mol. The van der Waals surface area contributed by atoms with E-state index in [2.05, 4.69) is 0 Å². The van der Waals surface area contributed by atoms with Crippen molar-refractivity contribution < 1.29 is 9.47 Å². The molecule has 0 spiro atoms. The number of hydrogen-bond acceptors (Lipinski definition) is 4. The first kappa shape index (κ1) is 14.1. The molecule has 1 aliphatic carbocycles. The zero-order chi connectivity index (χ0) is 15.4. The van der Waals surface area contributed by atoms with Gasteiger partial charge in [0.1, 0.15) is 23.7 Å². The quantitative estimate of drug-likeness (QED) is 0.671. The molecule has 4 heteroatoms. The van der Waals surface area contributed by atoms with Crippen LogP contribution in [0.3, 0.4) is 0 Å². The van der Waals surface area contributed by atoms with E-state index >= 15 is 0 Å². The van der Waals surface area contributed by atoms with Crippen LogP contribution >= 0.6 is 0 Å². The van der Waals surface area contributed by atoms with Gasteiger partial charge in [-0.05, 0) is 48.6 Å². The third-order valence-corrected chi connectivity index (χ3v) is 3.24. The monoisotopic (exact) mass is 294 g/mol. The third kappa shape index (κ3) is 3.61. The molecule has 0 fully saturated rings. The fourth-order valence-corrected chi connectivity index (χ4v) is 2.21. The summed E-state index contributed by atoms with van der Waals surface area (Å²) in [5, 5.41) is 0. The van der Waals surface area contributed by atoms with Gasteiger partial charge in [0.2, 0.25) is 0 Å². The summed E-state index contributed by atoms with van der Waals surface area (Å²) in [6, 6.07) is 14.8. The fraction of sp³-hybridized carbons (Fsp3) is 0.111. The molecule has 4 nitrogen and oxygen atoms in total. The maximum absolute atomic E-state index is 5.82. The predicted octanol–water partition coefficient (Wildman–Crippen LogP) is 3.17.